The summed E-state index contributed by atoms with van der Waals surface area (Å²) in [6.07, 6.45) is -2.19. The SMILES string of the molecule is COc1ccc(COC(=O)CC2C(C(C)OC(=O)OCc3ccc([N+](=O)[O-])cc3)C(=O)N2C(c2ccc(OC)cc2)c2ccc(OC)cc2)cc1. The van der Waals surface area contributed by atoms with Gasteiger partial charge in [-0.05, 0) is 77.7 Å². The second kappa shape index (κ2) is 16.5. The number of nitro benzene ring substituents is 1. The lowest BCUT2D eigenvalue weighted by Gasteiger charge is -2.52. The molecule has 3 atom stereocenters. The number of hydrogen-bond donors (Lipinski definition) is 0. The number of non-ortho nitro benzene ring substituents is 1. The van der Waals surface area contributed by atoms with E-state index in [1.165, 1.54) is 24.3 Å². The molecule has 1 aliphatic rings. The molecule has 0 aromatic heterocycles. The molecule has 0 N–H and O–H groups in total. The highest BCUT2D eigenvalue weighted by Crippen LogP contribution is 2.44. The smallest absolute Gasteiger partial charge is 0.497 e. The van der Waals surface area contributed by atoms with Crippen LogP contribution in [-0.2, 0) is 37.0 Å². The molecule has 0 saturated carbocycles. The van der Waals surface area contributed by atoms with Crippen molar-refractivity contribution in [1.29, 1.82) is 0 Å². The third kappa shape index (κ3) is 8.74. The zero-order valence-corrected chi connectivity index (χ0v) is 28.6. The van der Waals surface area contributed by atoms with Gasteiger partial charge in [0.1, 0.15) is 36.6 Å². The van der Waals surface area contributed by atoms with Gasteiger partial charge in [-0.2, -0.15) is 0 Å². The van der Waals surface area contributed by atoms with Crippen LogP contribution in [0.2, 0.25) is 0 Å². The number of hydrogen-bond acceptors (Lipinski definition) is 11. The van der Waals surface area contributed by atoms with Crippen molar-refractivity contribution < 1.29 is 47.7 Å². The molecule has 4 aromatic carbocycles. The van der Waals surface area contributed by atoms with Crippen LogP contribution in [0.25, 0.3) is 0 Å². The molecule has 266 valence electrons. The van der Waals surface area contributed by atoms with Crippen molar-refractivity contribution in [3.05, 3.63) is 129 Å². The molecule has 1 aliphatic heterocycles. The molecule has 1 saturated heterocycles. The van der Waals surface area contributed by atoms with E-state index >= 15 is 0 Å². The normalized spacial score (nSPS) is 15.7. The fourth-order valence-electron chi connectivity index (χ4n) is 5.97. The number of β-lactam (4-membered cyclic amide) rings is 1. The van der Waals surface area contributed by atoms with Crippen LogP contribution in [-0.4, -0.2) is 61.3 Å². The van der Waals surface area contributed by atoms with Gasteiger partial charge < -0.3 is 33.3 Å². The molecular weight excluding hydrogens is 660 g/mol. The molecule has 0 spiro atoms. The minimum atomic E-state index is -1.03. The van der Waals surface area contributed by atoms with Crippen molar-refractivity contribution in [2.75, 3.05) is 21.3 Å². The number of methoxy groups -OCH3 is 3. The molecule has 13 nitrogen and oxygen atoms in total. The molecule has 0 radical (unpaired) electrons. The van der Waals surface area contributed by atoms with E-state index in [9.17, 15) is 24.5 Å². The van der Waals surface area contributed by atoms with Crippen molar-refractivity contribution >= 4 is 23.7 Å². The number of amides is 1. The van der Waals surface area contributed by atoms with Crippen LogP contribution in [0.5, 0.6) is 17.2 Å². The van der Waals surface area contributed by atoms with Crippen molar-refractivity contribution in [1.82, 2.24) is 4.90 Å². The van der Waals surface area contributed by atoms with E-state index in [2.05, 4.69) is 0 Å². The lowest BCUT2D eigenvalue weighted by molar-refractivity contribution is -0.384. The van der Waals surface area contributed by atoms with Gasteiger partial charge in [0, 0.05) is 12.1 Å². The van der Waals surface area contributed by atoms with E-state index in [0.29, 0.717) is 22.8 Å². The average Bonchev–Trinajstić information content (AvgIpc) is 3.15. The summed E-state index contributed by atoms with van der Waals surface area (Å²) in [5.41, 5.74) is 2.69. The maximum atomic E-state index is 14.1. The number of carbonyl (C=O) groups is 3. The second-order valence-corrected chi connectivity index (χ2v) is 11.8. The van der Waals surface area contributed by atoms with Crippen LogP contribution >= 0.6 is 0 Å². The average molecular weight is 699 g/mol. The van der Waals surface area contributed by atoms with Gasteiger partial charge in [0.2, 0.25) is 5.91 Å². The summed E-state index contributed by atoms with van der Waals surface area (Å²) in [4.78, 5) is 52.3. The number of benzene rings is 4. The van der Waals surface area contributed by atoms with Gasteiger partial charge in [-0.1, -0.05) is 36.4 Å². The molecule has 0 bridgehead atoms. The van der Waals surface area contributed by atoms with E-state index in [1.54, 1.807) is 81.7 Å². The Morgan fingerprint density at radius 2 is 1.18 bits per heavy atom. The first-order chi connectivity index (χ1) is 24.6. The van der Waals surface area contributed by atoms with Crippen LogP contribution in [0.15, 0.2) is 97.1 Å². The summed E-state index contributed by atoms with van der Waals surface area (Å²) in [6, 6.07) is 25.8. The summed E-state index contributed by atoms with van der Waals surface area (Å²) in [7, 11) is 4.68. The van der Waals surface area contributed by atoms with Crippen LogP contribution in [0.4, 0.5) is 10.5 Å². The number of rotatable bonds is 15. The summed E-state index contributed by atoms with van der Waals surface area (Å²) in [5.74, 6) is 0.148. The molecule has 3 unspecified atom stereocenters. The molecule has 13 heteroatoms. The van der Waals surface area contributed by atoms with Crippen molar-refractivity contribution in [3.63, 3.8) is 0 Å². The summed E-state index contributed by atoms with van der Waals surface area (Å²) < 4.78 is 32.3. The van der Waals surface area contributed by atoms with Crippen molar-refractivity contribution in [2.45, 2.75) is 44.7 Å². The Balaban J connectivity index is 1.37. The summed E-state index contributed by atoms with van der Waals surface area (Å²) >= 11 is 0. The Bertz CT molecular complexity index is 1760. The molecule has 0 aliphatic carbocycles. The maximum Gasteiger partial charge on any atom is 0.508 e. The standard InChI is InChI=1S/C38H38N2O11/c1-24(51-38(43)50-23-25-5-13-29(14-6-25)40(44)45)35-33(21-34(41)49-22-26-7-15-30(46-2)16-8-26)39(37(35)42)36(27-9-17-31(47-3)18-10-27)28-11-19-32(48-4)20-12-28/h5-20,24,33,35-36H,21-23H2,1-4H3. The van der Waals surface area contributed by atoms with Gasteiger partial charge in [0.15, 0.2) is 0 Å². The van der Waals surface area contributed by atoms with E-state index in [0.717, 1.165) is 16.7 Å². The number of likely N-dealkylation sites (tertiary alicyclic amines) is 1. The lowest BCUT2D eigenvalue weighted by Crippen LogP contribution is -2.66. The van der Waals surface area contributed by atoms with Crippen LogP contribution in [0.1, 0.15) is 41.6 Å². The predicted molar refractivity (Wildman–Crippen MR) is 183 cm³/mol. The Morgan fingerprint density at radius 3 is 1.65 bits per heavy atom. The minimum Gasteiger partial charge on any atom is -0.497 e. The zero-order valence-electron chi connectivity index (χ0n) is 28.6. The van der Waals surface area contributed by atoms with Gasteiger partial charge in [-0.3, -0.25) is 19.7 Å². The number of nitrogens with zero attached hydrogens (tertiary/aromatic N) is 2. The van der Waals surface area contributed by atoms with Crippen LogP contribution in [0, 0.1) is 16.0 Å². The fourth-order valence-corrected chi connectivity index (χ4v) is 5.97. The molecule has 1 heterocycles. The first-order valence-electron chi connectivity index (χ1n) is 16.1. The van der Waals surface area contributed by atoms with E-state index in [-0.39, 0.29) is 31.2 Å². The number of ether oxygens (including phenoxy) is 6. The number of carbonyl (C=O) groups excluding carboxylic acids is 3. The van der Waals surface area contributed by atoms with Gasteiger partial charge >= 0.3 is 12.1 Å². The van der Waals surface area contributed by atoms with Gasteiger partial charge in [0.25, 0.3) is 5.69 Å². The van der Waals surface area contributed by atoms with Gasteiger partial charge in [0.05, 0.1) is 50.7 Å². The van der Waals surface area contributed by atoms with Crippen LogP contribution < -0.4 is 14.2 Å². The Kier molecular flexibility index (Phi) is 11.7. The molecule has 4 aromatic rings. The highest BCUT2D eigenvalue weighted by Gasteiger charge is 2.55. The maximum absolute atomic E-state index is 14.1. The molecule has 1 amide bonds. The number of nitro groups is 1. The third-order valence-corrected chi connectivity index (χ3v) is 8.68. The van der Waals surface area contributed by atoms with E-state index in [1.807, 2.05) is 24.3 Å². The first-order valence-corrected chi connectivity index (χ1v) is 16.1. The quantitative estimate of drug-likeness (QED) is 0.0586. The summed E-state index contributed by atoms with van der Waals surface area (Å²) in [6.45, 7) is 1.38. The van der Waals surface area contributed by atoms with Gasteiger partial charge in [-0.15, -0.1) is 0 Å². The van der Waals surface area contributed by atoms with Crippen molar-refractivity contribution in [2.24, 2.45) is 5.92 Å². The highest BCUT2D eigenvalue weighted by molar-refractivity contribution is 5.89. The lowest BCUT2D eigenvalue weighted by atomic mass is 9.78. The second-order valence-electron chi connectivity index (χ2n) is 11.8. The largest absolute Gasteiger partial charge is 0.508 e. The first kappa shape index (κ1) is 36.2. The molecular formula is C38H38N2O11. The van der Waals surface area contributed by atoms with Crippen molar-refractivity contribution in [3.8, 4) is 17.2 Å². The van der Waals surface area contributed by atoms with E-state index in [4.69, 9.17) is 28.4 Å². The minimum absolute atomic E-state index is 0.00950. The molecule has 1 fully saturated rings. The third-order valence-electron chi connectivity index (χ3n) is 8.68. The number of esters is 1. The molecule has 5 rings (SSSR count). The Hall–Kier alpha value is -6.11. The fraction of sp³-hybridized carbons (Fsp3) is 0.289. The Morgan fingerprint density at radius 1 is 0.725 bits per heavy atom. The predicted octanol–water partition coefficient (Wildman–Crippen LogP) is 6.41. The van der Waals surface area contributed by atoms with Gasteiger partial charge in [-0.25, -0.2) is 4.79 Å². The summed E-state index contributed by atoms with van der Waals surface area (Å²) in [5, 5.41) is 10.9. The monoisotopic (exact) mass is 698 g/mol. The highest BCUT2D eigenvalue weighted by atomic mass is 16.7. The van der Waals surface area contributed by atoms with Crippen LogP contribution in [0.3, 0.4) is 0 Å². The Labute approximate surface area is 294 Å². The zero-order chi connectivity index (χ0) is 36.5. The topological polar surface area (TPSA) is 153 Å². The van der Waals surface area contributed by atoms with E-state index < -0.39 is 41.2 Å². The molecule has 51 heavy (non-hydrogen) atoms.